The van der Waals surface area contributed by atoms with Crippen LogP contribution in [0.2, 0.25) is 0 Å². The summed E-state index contributed by atoms with van der Waals surface area (Å²) in [7, 11) is 0. The van der Waals surface area contributed by atoms with Crippen LogP contribution in [-0.4, -0.2) is 43.0 Å². The maximum Gasteiger partial charge on any atom is 0.266 e. The number of carbonyl (C=O) groups excluding carboxylic acids is 2. The predicted molar refractivity (Wildman–Crippen MR) is 120 cm³/mol. The average molecular weight is 412 g/mol. The molecule has 5 heteroatoms. The lowest BCUT2D eigenvalue weighted by Crippen LogP contribution is -2.35. The highest BCUT2D eigenvalue weighted by molar-refractivity contribution is 6.34. The fourth-order valence-electron chi connectivity index (χ4n) is 4.42. The number of hydrogen-bond acceptors (Lipinski definition) is 4. The summed E-state index contributed by atoms with van der Waals surface area (Å²) in [6.07, 6.45) is 0. The molecule has 0 unspecified atom stereocenters. The van der Waals surface area contributed by atoms with Gasteiger partial charge < -0.3 is 4.74 Å². The van der Waals surface area contributed by atoms with Gasteiger partial charge in [-0.2, -0.15) is 0 Å². The molecule has 2 aliphatic rings. The fourth-order valence-corrected chi connectivity index (χ4v) is 4.42. The van der Waals surface area contributed by atoms with Crippen LogP contribution in [0.3, 0.4) is 0 Å². The quantitative estimate of drug-likeness (QED) is 0.600. The molecule has 0 spiro atoms. The van der Waals surface area contributed by atoms with Crippen LogP contribution in [0.1, 0.15) is 31.8 Å². The first kappa shape index (κ1) is 19.7. The van der Waals surface area contributed by atoms with Crippen molar-refractivity contribution in [3.63, 3.8) is 0 Å². The molecule has 3 aromatic carbocycles. The Labute approximate surface area is 181 Å². The molecule has 5 nitrogen and oxygen atoms in total. The maximum absolute atomic E-state index is 13.3. The van der Waals surface area contributed by atoms with Gasteiger partial charge in [0, 0.05) is 19.6 Å². The number of anilines is 1. The van der Waals surface area contributed by atoms with Gasteiger partial charge in [0.2, 0.25) is 0 Å². The van der Waals surface area contributed by atoms with E-state index in [0.29, 0.717) is 16.8 Å². The van der Waals surface area contributed by atoms with Crippen LogP contribution in [-0.2, 0) is 11.3 Å². The second kappa shape index (κ2) is 8.10. The van der Waals surface area contributed by atoms with Crippen molar-refractivity contribution in [3.8, 4) is 11.1 Å². The van der Waals surface area contributed by atoms with Gasteiger partial charge in [0.1, 0.15) is 0 Å². The molecule has 0 saturated carbocycles. The predicted octanol–water partition coefficient (Wildman–Crippen LogP) is 4.29. The standard InChI is InChI=1S/C26H24N2O3/c1-18-21(20-6-3-2-4-7-20)8-5-9-24(18)28-25(29)22-11-10-19(16-23(22)26(28)30)17-27-12-14-31-15-13-27/h2-11,16H,12-15,17H2,1H3. The van der Waals surface area contributed by atoms with Gasteiger partial charge in [-0.3, -0.25) is 14.5 Å². The van der Waals surface area contributed by atoms with E-state index in [1.807, 2.05) is 67.6 Å². The van der Waals surface area contributed by atoms with Crippen LogP contribution in [0.25, 0.3) is 11.1 Å². The summed E-state index contributed by atoms with van der Waals surface area (Å²) in [5, 5.41) is 0. The summed E-state index contributed by atoms with van der Waals surface area (Å²) < 4.78 is 5.41. The number of carbonyl (C=O) groups is 2. The van der Waals surface area contributed by atoms with E-state index in [1.54, 1.807) is 6.07 Å². The van der Waals surface area contributed by atoms with Crippen molar-refractivity contribution < 1.29 is 14.3 Å². The van der Waals surface area contributed by atoms with E-state index in [-0.39, 0.29) is 11.8 Å². The van der Waals surface area contributed by atoms with Crippen LogP contribution in [0.15, 0.2) is 66.7 Å². The highest BCUT2D eigenvalue weighted by atomic mass is 16.5. The SMILES string of the molecule is Cc1c(-c2ccccc2)cccc1N1C(=O)c2ccc(CN3CCOCC3)cc2C1=O. The number of imide groups is 1. The Balaban J connectivity index is 1.47. The number of hydrogen-bond donors (Lipinski definition) is 0. The smallest absolute Gasteiger partial charge is 0.266 e. The van der Waals surface area contributed by atoms with Crippen LogP contribution in [0.4, 0.5) is 5.69 Å². The average Bonchev–Trinajstić information content (AvgIpc) is 3.05. The van der Waals surface area contributed by atoms with Crippen molar-refractivity contribution in [2.45, 2.75) is 13.5 Å². The van der Waals surface area contributed by atoms with Crippen LogP contribution in [0.5, 0.6) is 0 Å². The Morgan fingerprint density at radius 2 is 1.55 bits per heavy atom. The van der Waals surface area contributed by atoms with E-state index in [4.69, 9.17) is 4.74 Å². The molecular weight excluding hydrogens is 388 g/mol. The largest absolute Gasteiger partial charge is 0.379 e. The second-order valence-corrected chi connectivity index (χ2v) is 8.03. The molecule has 2 aliphatic heterocycles. The minimum absolute atomic E-state index is 0.253. The van der Waals surface area contributed by atoms with E-state index in [2.05, 4.69) is 4.90 Å². The van der Waals surface area contributed by atoms with Gasteiger partial charge in [-0.25, -0.2) is 4.90 Å². The molecule has 156 valence electrons. The minimum Gasteiger partial charge on any atom is -0.379 e. The topological polar surface area (TPSA) is 49.9 Å². The lowest BCUT2D eigenvalue weighted by molar-refractivity contribution is 0.0342. The minimum atomic E-state index is -0.258. The van der Waals surface area contributed by atoms with E-state index < -0.39 is 0 Å². The van der Waals surface area contributed by atoms with Crippen molar-refractivity contribution in [1.29, 1.82) is 0 Å². The fraction of sp³-hybridized carbons (Fsp3) is 0.231. The molecule has 0 aliphatic carbocycles. The number of nitrogens with zero attached hydrogens (tertiary/aromatic N) is 2. The van der Waals surface area contributed by atoms with E-state index >= 15 is 0 Å². The molecule has 1 saturated heterocycles. The molecule has 0 atom stereocenters. The maximum atomic E-state index is 13.3. The normalized spacial score (nSPS) is 16.6. The Bertz CT molecular complexity index is 1150. The molecule has 31 heavy (non-hydrogen) atoms. The van der Waals surface area contributed by atoms with E-state index in [1.165, 1.54) is 4.90 Å². The van der Waals surface area contributed by atoms with Crippen LogP contribution >= 0.6 is 0 Å². The molecule has 0 aromatic heterocycles. The molecule has 5 rings (SSSR count). The zero-order valence-corrected chi connectivity index (χ0v) is 17.5. The van der Waals surface area contributed by atoms with Crippen molar-refractivity contribution in [1.82, 2.24) is 4.90 Å². The number of amides is 2. The van der Waals surface area contributed by atoms with Gasteiger partial charge in [-0.15, -0.1) is 0 Å². The summed E-state index contributed by atoms with van der Waals surface area (Å²) in [6, 6.07) is 21.4. The molecule has 0 radical (unpaired) electrons. The van der Waals surface area contributed by atoms with Gasteiger partial charge in [-0.1, -0.05) is 48.5 Å². The first-order valence-corrected chi connectivity index (χ1v) is 10.6. The molecule has 2 amide bonds. The van der Waals surface area contributed by atoms with Gasteiger partial charge >= 0.3 is 0 Å². The monoisotopic (exact) mass is 412 g/mol. The third kappa shape index (κ3) is 3.56. The number of rotatable bonds is 4. The van der Waals surface area contributed by atoms with E-state index in [0.717, 1.165) is 55.1 Å². The van der Waals surface area contributed by atoms with Crippen LogP contribution in [0, 0.1) is 6.92 Å². The van der Waals surface area contributed by atoms with Gasteiger partial charge in [-0.05, 0) is 47.4 Å². The lowest BCUT2D eigenvalue weighted by Gasteiger charge is -2.26. The second-order valence-electron chi connectivity index (χ2n) is 8.03. The lowest BCUT2D eigenvalue weighted by atomic mass is 9.99. The Morgan fingerprint density at radius 3 is 2.32 bits per heavy atom. The highest BCUT2D eigenvalue weighted by Crippen LogP contribution is 2.35. The van der Waals surface area contributed by atoms with Gasteiger partial charge in [0.25, 0.3) is 11.8 Å². The number of benzene rings is 3. The molecular formula is C26H24N2O3. The first-order chi connectivity index (χ1) is 15.1. The third-order valence-electron chi connectivity index (χ3n) is 6.09. The van der Waals surface area contributed by atoms with Crippen molar-refractivity contribution in [2.24, 2.45) is 0 Å². The van der Waals surface area contributed by atoms with Gasteiger partial charge in [0.05, 0.1) is 30.0 Å². The third-order valence-corrected chi connectivity index (χ3v) is 6.09. The zero-order valence-electron chi connectivity index (χ0n) is 17.5. The number of fused-ring (bicyclic) bond motifs is 1. The highest BCUT2D eigenvalue weighted by Gasteiger charge is 2.37. The van der Waals surface area contributed by atoms with E-state index in [9.17, 15) is 9.59 Å². The number of morpholine rings is 1. The van der Waals surface area contributed by atoms with Crippen molar-refractivity contribution >= 4 is 17.5 Å². The summed E-state index contributed by atoms with van der Waals surface area (Å²) in [5.74, 6) is -0.511. The molecule has 1 fully saturated rings. The molecule has 3 aromatic rings. The molecule has 0 N–H and O–H groups in total. The molecule has 2 heterocycles. The number of ether oxygens (including phenoxy) is 1. The zero-order chi connectivity index (χ0) is 21.4. The van der Waals surface area contributed by atoms with Gasteiger partial charge in [0.15, 0.2) is 0 Å². The summed E-state index contributed by atoms with van der Waals surface area (Å²) in [4.78, 5) is 30.1. The summed E-state index contributed by atoms with van der Waals surface area (Å²) in [5.41, 5.74) is 5.63. The summed E-state index contributed by atoms with van der Waals surface area (Å²) in [6.45, 7) is 5.93. The summed E-state index contributed by atoms with van der Waals surface area (Å²) >= 11 is 0. The Kier molecular flexibility index (Phi) is 5.14. The van der Waals surface area contributed by atoms with Crippen LogP contribution < -0.4 is 4.90 Å². The Hall–Kier alpha value is -3.28. The first-order valence-electron chi connectivity index (χ1n) is 10.6. The van der Waals surface area contributed by atoms with Crippen molar-refractivity contribution in [3.05, 3.63) is 89.0 Å². The van der Waals surface area contributed by atoms with Crippen molar-refractivity contribution in [2.75, 3.05) is 31.2 Å². The Morgan fingerprint density at radius 1 is 0.806 bits per heavy atom. The molecule has 0 bridgehead atoms.